The van der Waals surface area contributed by atoms with Gasteiger partial charge in [0.05, 0.1) is 5.39 Å². The molecule has 4 rings (SSSR count). The molecule has 3 nitrogen and oxygen atoms in total. The minimum Gasteiger partial charge on any atom is -0.356 e. The molecule has 0 saturated heterocycles. The third kappa shape index (κ3) is 1.38. The quantitative estimate of drug-likeness (QED) is 0.378. The zero-order chi connectivity index (χ0) is 12.8. The predicted molar refractivity (Wildman–Crippen MR) is 74.4 cm³/mol. The zero-order valence-corrected chi connectivity index (χ0v) is 9.96. The lowest BCUT2D eigenvalue weighted by molar-refractivity contribution is 0.111. The number of nitrogens with zero attached hydrogens (tertiary/aromatic N) is 1. The lowest BCUT2D eigenvalue weighted by Crippen LogP contribution is -1.82. The van der Waals surface area contributed by atoms with E-state index in [1.54, 1.807) is 0 Å². The van der Waals surface area contributed by atoms with Crippen LogP contribution in [0.1, 0.15) is 10.5 Å². The van der Waals surface area contributed by atoms with Gasteiger partial charge in [-0.15, -0.1) is 0 Å². The first-order chi connectivity index (χ1) is 9.36. The van der Waals surface area contributed by atoms with E-state index < -0.39 is 0 Å². The molecular formula is C16H9NO2. The van der Waals surface area contributed by atoms with Crippen LogP contribution in [-0.4, -0.2) is 11.4 Å². The molecule has 0 N–H and O–H groups in total. The first-order valence-corrected chi connectivity index (χ1v) is 6.03. The van der Waals surface area contributed by atoms with Crippen molar-refractivity contribution in [3.8, 4) is 0 Å². The fourth-order valence-corrected chi connectivity index (χ4v) is 2.56. The molecule has 3 heteroatoms. The molecule has 0 spiro atoms. The van der Waals surface area contributed by atoms with Crippen LogP contribution >= 0.6 is 0 Å². The van der Waals surface area contributed by atoms with Crippen LogP contribution in [0.3, 0.4) is 0 Å². The van der Waals surface area contributed by atoms with Crippen molar-refractivity contribution in [2.45, 2.75) is 0 Å². The number of benzene rings is 3. The van der Waals surface area contributed by atoms with Crippen LogP contribution in [0.25, 0.3) is 32.5 Å². The monoisotopic (exact) mass is 247 g/mol. The Morgan fingerprint density at radius 1 is 0.947 bits per heavy atom. The first kappa shape index (κ1) is 10.3. The van der Waals surface area contributed by atoms with Crippen molar-refractivity contribution < 1.29 is 9.32 Å². The zero-order valence-electron chi connectivity index (χ0n) is 9.96. The normalized spacial score (nSPS) is 11.4. The van der Waals surface area contributed by atoms with Gasteiger partial charge in [-0.05, 0) is 39.7 Å². The minimum atomic E-state index is 0.357. The summed E-state index contributed by atoms with van der Waals surface area (Å²) in [7, 11) is 0. The van der Waals surface area contributed by atoms with E-state index in [0.717, 1.165) is 27.8 Å². The van der Waals surface area contributed by atoms with E-state index in [2.05, 4.69) is 29.4 Å². The molecule has 90 valence electrons. The molecule has 1 heterocycles. The highest BCUT2D eigenvalue weighted by Crippen LogP contribution is 2.30. The Bertz CT molecular complexity index is 937. The van der Waals surface area contributed by atoms with E-state index in [-0.39, 0.29) is 0 Å². The standard InChI is InChI=1S/C16H9NO2/c18-9-14-16-13-8-11-4-2-1-3-10(11)7-12(13)5-6-15(16)19-17-14/h1-9H. The number of fused-ring (bicyclic) bond motifs is 4. The molecule has 0 unspecified atom stereocenters. The average molecular weight is 247 g/mol. The van der Waals surface area contributed by atoms with Crippen molar-refractivity contribution >= 4 is 38.8 Å². The van der Waals surface area contributed by atoms with Gasteiger partial charge in [-0.1, -0.05) is 35.5 Å². The largest absolute Gasteiger partial charge is 0.356 e. The van der Waals surface area contributed by atoms with Gasteiger partial charge in [-0.3, -0.25) is 4.79 Å². The lowest BCUT2D eigenvalue weighted by atomic mass is 10.0. The molecule has 0 radical (unpaired) electrons. The Hall–Kier alpha value is -2.68. The number of hydrogen-bond donors (Lipinski definition) is 0. The van der Waals surface area contributed by atoms with Gasteiger partial charge in [0.25, 0.3) is 0 Å². The van der Waals surface area contributed by atoms with E-state index in [9.17, 15) is 4.79 Å². The van der Waals surface area contributed by atoms with E-state index >= 15 is 0 Å². The topological polar surface area (TPSA) is 43.1 Å². The summed E-state index contributed by atoms with van der Waals surface area (Å²) in [6, 6.07) is 16.2. The molecule has 19 heavy (non-hydrogen) atoms. The van der Waals surface area contributed by atoms with Crippen LogP contribution in [0.15, 0.2) is 53.1 Å². The van der Waals surface area contributed by atoms with E-state index in [1.165, 1.54) is 5.39 Å². The number of aldehydes is 1. The minimum absolute atomic E-state index is 0.357. The Labute approximate surface area is 108 Å². The van der Waals surface area contributed by atoms with Crippen molar-refractivity contribution in [1.29, 1.82) is 0 Å². The molecule has 0 fully saturated rings. The van der Waals surface area contributed by atoms with Crippen molar-refractivity contribution in [1.82, 2.24) is 5.16 Å². The van der Waals surface area contributed by atoms with E-state index in [0.29, 0.717) is 11.3 Å². The van der Waals surface area contributed by atoms with E-state index in [4.69, 9.17) is 4.52 Å². The fourth-order valence-electron chi connectivity index (χ4n) is 2.56. The number of hydrogen-bond acceptors (Lipinski definition) is 3. The van der Waals surface area contributed by atoms with Crippen molar-refractivity contribution in [3.05, 3.63) is 54.2 Å². The Morgan fingerprint density at radius 3 is 2.53 bits per heavy atom. The second-order valence-corrected chi connectivity index (χ2v) is 4.54. The summed E-state index contributed by atoms with van der Waals surface area (Å²) >= 11 is 0. The van der Waals surface area contributed by atoms with Gasteiger partial charge in [-0.25, -0.2) is 0 Å². The van der Waals surface area contributed by atoms with Crippen LogP contribution < -0.4 is 0 Å². The summed E-state index contributed by atoms with van der Waals surface area (Å²) < 4.78 is 5.18. The summed E-state index contributed by atoms with van der Waals surface area (Å²) in [4.78, 5) is 11.1. The molecule has 3 aromatic carbocycles. The summed E-state index contributed by atoms with van der Waals surface area (Å²) in [5.41, 5.74) is 1.00. The maximum atomic E-state index is 11.1. The van der Waals surface area contributed by atoms with Crippen LogP contribution in [0.5, 0.6) is 0 Å². The molecule has 4 aromatic rings. The molecular weight excluding hydrogens is 238 g/mol. The Kier molecular flexibility index (Phi) is 1.97. The maximum Gasteiger partial charge on any atom is 0.172 e. The van der Waals surface area contributed by atoms with Gasteiger partial charge in [-0.2, -0.15) is 0 Å². The van der Waals surface area contributed by atoms with Crippen molar-refractivity contribution in [2.75, 3.05) is 0 Å². The van der Waals surface area contributed by atoms with Gasteiger partial charge in [0, 0.05) is 0 Å². The smallest absolute Gasteiger partial charge is 0.172 e. The first-order valence-electron chi connectivity index (χ1n) is 6.03. The van der Waals surface area contributed by atoms with Crippen molar-refractivity contribution in [2.24, 2.45) is 0 Å². The molecule has 0 bridgehead atoms. The molecule has 1 aromatic heterocycles. The average Bonchev–Trinajstić information content (AvgIpc) is 2.88. The molecule has 0 amide bonds. The van der Waals surface area contributed by atoms with Crippen LogP contribution in [0.4, 0.5) is 0 Å². The number of aromatic nitrogens is 1. The lowest BCUT2D eigenvalue weighted by Gasteiger charge is -2.03. The molecule has 0 aliphatic heterocycles. The van der Waals surface area contributed by atoms with Gasteiger partial charge in [0.1, 0.15) is 0 Å². The summed E-state index contributed by atoms with van der Waals surface area (Å²) in [6.07, 6.45) is 0.737. The fraction of sp³-hybridized carbons (Fsp3) is 0. The van der Waals surface area contributed by atoms with Gasteiger partial charge >= 0.3 is 0 Å². The van der Waals surface area contributed by atoms with Gasteiger partial charge in [0.15, 0.2) is 17.6 Å². The van der Waals surface area contributed by atoms with Crippen LogP contribution in [0, 0.1) is 0 Å². The summed E-state index contributed by atoms with van der Waals surface area (Å²) in [6.45, 7) is 0. The van der Waals surface area contributed by atoms with Gasteiger partial charge < -0.3 is 4.52 Å². The highest BCUT2D eigenvalue weighted by atomic mass is 16.5. The predicted octanol–water partition coefficient (Wildman–Crippen LogP) is 3.95. The molecule has 0 atom stereocenters. The molecule has 0 aliphatic carbocycles. The SMILES string of the molecule is O=Cc1noc2ccc3cc4ccccc4cc3c12. The highest BCUT2D eigenvalue weighted by Gasteiger charge is 2.11. The van der Waals surface area contributed by atoms with Crippen LogP contribution in [-0.2, 0) is 0 Å². The van der Waals surface area contributed by atoms with Gasteiger partial charge in [0.2, 0.25) is 0 Å². The van der Waals surface area contributed by atoms with Crippen LogP contribution in [0.2, 0.25) is 0 Å². The summed E-state index contributed by atoms with van der Waals surface area (Å²) in [5.74, 6) is 0. The van der Waals surface area contributed by atoms with Crippen molar-refractivity contribution in [3.63, 3.8) is 0 Å². The Morgan fingerprint density at radius 2 is 1.74 bits per heavy atom. The Balaban J connectivity index is 2.28. The highest BCUT2D eigenvalue weighted by molar-refractivity contribution is 6.14. The third-order valence-electron chi connectivity index (χ3n) is 3.46. The van der Waals surface area contributed by atoms with E-state index in [1.807, 2.05) is 24.3 Å². The molecule has 0 saturated carbocycles. The third-order valence-corrected chi connectivity index (χ3v) is 3.46. The molecule has 0 aliphatic rings. The maximum absolute atomic E-state index is 11.1. The summed E-state index contributed by atoms with van der Waals surface area (Å²) in [5, 5.41) is 8.99. The number of rotatable bonds is 1. The number of carbonyl (C=O) groups is 1. The second-order valence-electron chi connectivity index (χ2n) is 4.54. The second kappa shape index (κ2) is 3.65. The number of carbonyl (C=O) groups excluding carboxylic acids is 1.